The van der Waals surface area contributed by atoms with Crippen LogP contribution in [0.15, 0.2) is 51.7 Å². The Morgan fingerprint density at radius 1 is 1.19 bits per heavy atom. The van der Waals surface area contributed by atoms with Gasteiger partial charge in [-0.3, -0.25) is 10.1 Å². The van der Waals surface area contributed by atoms with E-state index in [0.717, 1.165) is 6.07 Å². The molecule has 1 heterocycles. The van der Waals surface area contributed by atoms with Gasteiger partial charge in [0.1, 0.15) is 5.82 Å². The van der Waals surface area contributed by atoms with Gasteiger partial charge in [-0.1, -0.05) is 6.07 Å². The highest BCUT2D eigenvalue weighted by Crippen LogP contribution is 2.22. The predicted molar refractivity (Wildman–Crippen MR) is 72.3 cm³/mol. The lowest BCUT2D eigenvalue weighted by atomic mass is 10.2. The fourth-order valence-electron chi connectivity index (χ4n) is 1.92. The van der Waals surface area contributed by atoms with Gasteiger partial charge in [0.05, 0.1) is 15.8 Å². The van der Waals surface area contributed by atoms with E-state index >= 15 is 0 Å². The average Bonchev–Trinajstić information content (AvgIpc) is 2.46. The van der Waals surface area contributed by atoms with Gasteiger partial charge in [-0.25, -0.2) is 14.2 Å². The van der Waals surface area contributed by atoms with E-state index in [0.29, 0.717) is 0 Å². The molecule has 0 bridgehead atoms. The monoisotopic (exact) mass is 286 g/mol. The van der Waals surface area contributed by atoms with Crippen LogP contribution in [0.1, 0.15) is 0 Å². The van der Waals surface area contributed by atoms with E-state index in [1.807, 2.05) is 0 Å². The third-order valence-corrected chi connectivity index (χ3v) is 2.89. The molecule has 21 heavy (non-hydrogen) atoms. The molecule has 0 saturated heterocycles. The van der Waals surface area contributed by atoms with E-state index in [-0.39, 0.29) is 28.0 Å². The van der Waals surface area contributed by atoms with Gasteiger partial charge in [0, 0.05) is 17.7 Å². The molecule has 0 unspecified atom stereocenters. The van der Waals surface area contributed by atoms with E-state index in [1.54, 1.807) is 0 Å². The highest BCUT2D eigenvalue weighted by Gasteiger charge is 2.13. The molecule has 3 aromatic rings. The van der Waals surface area contributed by atoms with Crippen LogP contribution in [-0.2, 0) is 0 Å². The Bertz CT molecular complexity index is 920. The molecule has 3 rings (SSSR count). The summed E-state index contributed by atoms with van der Waals surface area (Å²) in [4.78, 5) is 26.1. The largest absolute Gasteiger partial charge is 0.403 e. The van der Waals surface area contributed by atoms with Crippen LogP contribution in [0.25, 0.3) is 22.4 Å². The second-order valence-corrected chi connectivity index (χ2v) is 4.28. The normalized spacial score (nSPS) is 10.7. The molecule has 0 saturated carbocycles. The highest BCUT2D eigenvalue weighted by atomic mass is 19.1. The zero-order valence-electron chi connectivity index (χ0n) is 10.4. The Labute approximate surface area is 116 Å². The smallest absolute Gasteiger partial charge is 0.347 e. The van der Waals surface area contributed by atoms with Gasteiger partial charge in [0.25, 0.3) is 5.69 Å². The Hall–Kier alpha value is -3.09. The van der Waals surface area contributed by atoms with Crippen molar-refractivity contribution in [1.29, 1.82) is 0 Å². The number of hydrogen-bond acceptors (Lipinski definition) is 5. The van der Waals surface area contributed by atoms with E-state index in [2.05, 4.69) is 4.98 Å². The van der Waals surface area contributed by atoms with Crippen molar-refractivity contribution in [3.8, 4) is 11.5 Å². The fourth-order valence-corrected chi connectivity index (χ4v) is 1.92. The maximum atomic E-state index is 13.2. The van der Waals surface area contributed by atoms with E-state index < -0.39 is 16.4 Å². The zero-order valence-corrected chi connectivity index (χ0v) is 10.4. The topological polar surface area (TPSA) is 86.2 Å². The van der Waals surface area contributed by atoms with E-state index in [4.69, 9.17) is 4.42 Å². The number of rotatable bonds is 2. The Kier molecular flexibility index (Phi) is 2.94. The van der Waals surface area contributed by atoms with Gasteiger partial charge in [0.2, 0.25) is 5.89 Å². The van der Waals surface area contributed by atoms with E-state index in [1.165, 1.54) is 36.4 Å². The van der Waals surface area contributed by atoms with Crippen molar-refractivity contribution in [2.24, 2.45) is 0 Å². The van der Waals surface area contributed by atoms with Gasteiger partial charge in [0.15, 0.2) is 0 Å². The molecule has 2 aromatic carbocycles. The Balaban J connectivity index is 2.26. The maximum absolute atomic E-state index is 13.2. The summed E-state index contributed by atoms with van der Waals surface area (Å²) in [6.45, 7) is 0. The van der Waals surface area contributed by atoms with Gasteiger partial charge in [-0.2, -0.15) is 0 Å². The molecule has 0 aliphatic rings. The molecule has 1 aromatic heterocycles. The van der Waals surface area contributed by atoms with E-state index in [9.17, 15) is 19.3 Å². The molecule has 0 radical (unpaired) electrons. The molecule has 6 nitrogen and oxygen atoms in total. The summed E-state index contributed by atoms with van der Waals surface area (Å²) in [5, 5.41) is 10.9. The first-order valence-electron chi connectivity index (χ1n) is 5.90. The number of benzene rings is 2. The maximum Gasteiger partial charge on any atom is 0.347 e. The van der Waals surface area contributed by atoms with Crippen LogP contribution in [0.2, 0.25) is 0 Å². The molecule has 0 aliphatic heterocycles. The van der Waals surface area contributed by atoms with Gasteiger partial charge >= 0.3 is 5.63 Å². The summed E-state index contributed by atoms with van der Waals surface area (Å²) in [6.07, 6.45) is 0. The van der Waals surface area contributed by atoms with Crippen molar-refractivity contribution >= 4 is 16.6 Å². The standard InChI is InChI=1S/C14H7FN2O4/c15-9-3-1-2-8(6-9)13-16-12-7-10(17(19)20)4-5-11(12)14(18)21-13/h1-7H. The average molecular weight is 286 g/mol. The van der Waals surface area contributed by atoms with Crippen molar-refractivity contribution in [1.82, 2.24) is 4.98 Å². The summed E-state index contributed by atoms with van der Waals surface area (Å²) in [5.74, 6) is -0.594. The van der Waals surface area contributed by atoms with Gasteiger partial charge < -0.3 is 4.42 Å². The van der Waals surface area contributed by atoms with Crippen LogP contribution < -0.4 is 5.63 Å². The number of non-ortho nitro benzene ring substituents is 1. The third kappa shape index (κ3) is 2.36. The lowest BCUT2D eigenvalue weighted by molar-refractivity contribution is -0.384. The molecule has 0 spiro atoms. The lowest BCUT2D eigenvalue weighted by Gasteiger charge is -2.01. The fraction of sp³-hybridized carbons (Fsp3) is 0. The first-order valence-corrected chi connectivity index (χ1v) is 5.90. The zero-order chi connectivity index (χ0) is 15.0. The molecule has 0 fully saturated rings. The SMILES string of the molecule is O=c1oc(-c2cccc(F)c2)nc2cc([N+](=O)[O-])ccc12. The number of hydrogen-bond donors (Lipinski definition) is 0. The first-order chi connectivity index (χ1) is 10.0. The van der Waals surface area contributed by atoms with Crippen LogP contribution >= 0.6 is 0 Å². The molecule has 0 N–H and O–H groups in total. The molecule has 104 valence electrons. The van der Waals surface area contributed by atoms with Gasteiger partial charge in [-0.15, -0.1) is 0 Å². The lowest BCUT2D eigenvalue weighted by Crippen LogP contribution is -2.03. The molecule has 7 heteroatoms. The number of nitrogens with zero attached hydrogens (tertiary/aromatic N) is 2. The molecular weight excluding hydrogens is 279 g/mol. The van der Waals surface area contributed by atoms with Crippen molar-refractivity contribution in [3.05, 3.63) is 68.8 Å². The van der Waals surface area contributed by atoms with Crippen LogP contribution in [-0.4, -0.2) is 9.91 Å². The summed E-state index contributed by atoms with van der Waals surface area (Å²) in [6, 6.07) is 9.03. The number of nitro benzene ring substituents is 1. The summed E-state index contributed by atoms with van der Waals surface area (Å²) in [5.41, 5.74) is -0.472. The molecule has 0 aliphatic carbocycles. The van der Waals surface area contributed by atoms with Crippen molar-refractivity contribution < 1.29 is 13.7 Å². The third-order valence-electron chi connectivity index (χ3n) is 2.89. The Morgan fingerprint density at radius 2 is 2.00 bits per heavy atom. The minimum Gasteiger partial charge on any atom is -0.403 e. The van der Waals surface area contributed by atoms with Crippen molar-refractivity contribution in [2.45, 2.75) is 0 Å². The van der Waals surface area contributed by atoms with Crippen molar-refractivity contribution in [3.63, 3.8) is 0 Å². The van der Waals surface area contributed by atoms with Crippen LogP contribution in [0.3, 0.4) is 0 Å². The highest BCUT2D eigenvalue weighted by molar-refractivity contribution is 5.80. The molecule has 0 atom stereocenters. The van der Waals surface area contributed by atoms with Gasteiger partial charge in [-0.05, 0) is 24.3 Å². The predicted octanol–water partition coefficient (Wildman–Crippen LogP) is 2.90. The summed E-state index contributed by atoms with van der Waals surface area (Å²) >= 11 is 0. The second-order valence-electron chi connectivity index (χ2n) is 4.28. The quantitative estimate of drug-likeness (QED) is 0.534. The molecule has 0 amide bonds. The second kappa shape index (κ2) is 4.78. The van der Waals surface area contributed by atoms with Crippen LogP contribution in [0.5, 0.6) is 0 Å². The Morgan fingerprint density at radius 3 is 2.71 bits per heavy atom. The summed E-state index contributed by atoms with van der Waals surface area (Å²) < 4.78 is 18.2. The van der Waals surface area contributed by atoms with Crippen molar-refractivity contribution in [2.75, 3.05) is 0 Å². The number of fused-ring (bicyclic) bond motifs is 1. The molecular formula is C14H7FN2O4. The minimum absolute atomic E-state index is 0.0903. The van der Waals surface area contributed by atoms with Crippen LogP contribution in [0, 0.1) is 15.9 Å². The minimum atomic E-state index is -0.686. The number of aromatic nitrogens is 1. The number of nitro groups is 1. The number of halogens is 1. The summed E-state index contributed by atoms with van der Waals surface area (Å²) in [7, 11) is 0. The van der Waals surface area contributed by atoms with Crippen LogP contribution in [0.4, 0.5) is 10.1 Å². The first kappa shape index (κ1) is 12.9.